The predicted molar refractivity (Wildman–Crippen MR) is 109 cm³/mol. The normalized spacial score (nSPS) is 17.0. The Hall–Kier alpha value is -3.16. The minimum absolute atomic E-state index is 0.0914. The first-order valence-electron chi connectivity index (χ1n) is 10.3. The SMILES string of the molecule is Cc1cc(-c2cc(C(=O)N3CCN(C(=O)C4CC4)CC3)c3c(C)noc3n2)c(C)o1. The maximum Gasteiger partial charge on any atom is 0.259 e. The van der Waals surface area contributed by atoms with Gasteiger partial charge in [0.15, 0.2) is 0 Å². The summed E-state index contributed by atoms with van der Waals surface area (Å²) in [5.74, 6) is 1.86. The van der Waals surface area contributed by atoms with Gasteiger partial charge in [-0.2, -0.15) is 0 Å². The lowest BCUT2D eigenvalue weighted by Crippen LogP contribution is -2.51. The van der Waals surface area contributed by atoms with Gasteiger partial charge in [-0.25, -0.2) is 4.98 Å². The molecule has 0 atom stereocenters. The van der Waals surface area contributed by atoms with Crippen molar-refractivity contribution in [3.05, 3.63) is 34.9 Å². The van der Waals surface area contributed by atoms with Gasteiger partial charge in [-0.05, 0) is 45.7 Å². The highest BCUT2D eigenvalue weighted by molar-refractivity contribution is 6.07. The Morgan fingerprint density at radius 3 is 2.37 bits per heavy atom. The maximum atomic E-state index is 13.5. The standard InChI is InChI=1S/C22H24N4O4/c1-12-10-16(14(3)29-12)18-11-17(19-13(2)24-30-20(19)23-18)22(28)26-8-6-25(7-9-26)21(27)15-4-5-15/h10-11,15H,4-9H2,1-3H3. The zero-order valence-corrected chi connectivity index (χ0v) is 17.4. The van der Waals surface area contributed by atoms with Crippen LogP contribution in [0.5, 0.6) is 0 Å². The second kappa shape index (κ2) is 6.97. The zero-order valence-electron chi connectivity index (χ0n) is 17.4. The van der Waals surface area contributed by atoms with Crippen LogP contribution in [0.15, 0.2) is 21.1 Å². The van der Waals surface area contributed by atoms with Gasteiger partial charge in [0.25, 0.3) is 11.6 Å². The van der Waals surface area contributed by atoms with Gasteiger partial charge in [0.2, 0.25) is 5.91 Å². The third-order valence-electron chi connectivity index (χ3n) is 5.97. The Balaban J connectivity index is 1.47. The van der Waals surface area contributed by atoms with Gasteiger partial charge in [-0.3, -0.25) is 9.59 Å². The highest BCUT2D eigenvalue weighted by atomic mass is 16.5. The summed E-state index contributed by atoms with van der Waals surface area (Å²) in [5, 5.41) is 4.66. The largest absolute Gasteiger partial charge is 0.466 e. The fourth-order valence-corrected chi connectivity index (χ4v) is 4.18. The summed E-state index contributed by atoms with van der Waals surface area (Å²) in [5.41, 5.74) is 2.95. The van der Waals surface area contributed by atoms with Gasteiger partial charge in [0.05, 0.1) is 22.3 Å². The van der Waals surface area contributed by atoms with E-state index in [9.17, 15) is 9.59 Å². The molecule has 0 bridgehead atoms. The monoisotopic (exact) mass is 408 g/mol. The molecule has 0 aromatic carbocycles. The third-order valence-corrected chi connectivity index (χ3v) is 5.97. The van der Waals surface area contributed by atoms with Gasteiger partial charge in [-0.15, -0.1) is 0 Å². The lowest BCUT2D eigenvalue weighted by atomic mass is 10.0. The Labute approximate surface area is 173 Å². The number of rotatable bonds is 3. The summed E-state index contributed by atoms with van der Waals surface area (Å²) in [7, 11) is 0. The quantitative estimate of drug-likeness (QED) is 0.661. The number of hydrogen-bond donors (Lipinski definition) is 0. The van der Waals surface area contributed by atoms with Crippen LogP contribution in [0.1, 0.15) is 40.4 Å². The fourth-order valence-electron chi connectivity index (χ4n) is 4.18. The first kappa shape index (κ1) is 18.8. The lowest BCUT2D eigenvalue weighted by Gasteiger charge is -2.35. The van der Waals surface area contributed by atoms with Crippen LogP contribution in [0.4, 0.5) is 0 Å². The Kier molecular flexibility index (Phi) is 4.38. The number of carbonyl (C=O) groups is 2. The number of piperazine rings is 1. The van der Waals surface area contributed by atoms with Crippen molar-refractivity contribution in [1.29, 1.82) is 0 Å². The average Bonchev–Trinajstić information content (AvgIpc) is 3.45. The molecule has 1 saturated carbocycles. The number of pyridine rings is 1. The number of furan rings is 1. The molecule has 1 saturated heterocycles. The predicted octanol–water partition coefficient (Wildman–Crippen LogP) is 3.10. The molecule has 0 N–H and O–H groups in total. The van der Waals surface area contributed by atoms with Crippen molar-refractivity contribution < 1.29 is 18.5 Å². The van der Waals surface area contributed by atoms with Gasteiger partial charge >= 0.3 is 0 Å². The van der Waals surface area contributed by atoms with Crippen LogP contribution in [0.3, 0.4) is 0 Å². The summed E-state index contributed by atoms with van der Waals surface area (Å²) in [6, 6.07) is 3.71. The van der Waals surface area contributed by atoms with Crippen LogP contribution >= 0.6 is 0 Å². The van der Waals surface area contributed by atoms with Crippen LogP contribution in [0.2, 0.25) is 0 Å². The lowest BCUT2D eigenvalue weighted by molar-refractivity contribution is -0.134. The molecule has 3 aromatic heterocycles. The van der Waals surface area contributed by atoms with Crippen molar-refractivity contribution in [3.63, 3.8) is 0 Å². The van der Waals surface area contributed by atoms with E-state index in [1.807, 2.05) is 31.7 Å². The van der Waals surface area contributed by atoms with E-state index in [1.54, 1.807) is 11.0 Å². The van der Waals surface area contributed by atoms with Crippen molar-refractivity contribution in [3.8, 4) is 11.3 Å². The van der Waals surface area contributed by atoms with Gasteiger partial charge < -0.3 is 18.7 Å². The molecular formula is C22H24N4O4. The molecule has 1 aliphatic carbocycles. The molecule has 2 fully saturated rings. The Bertz CT molecular complexity index is 1150. The summed E-state index contributed by atoms with van der Waals surface area (Å²) >= 11 is 0. The highest BCUT2D eigenvalue weighted by Gasteiger charge is 2.35. The van der Waals surface area contributed by atoms with E-state index in [4.69, 9.17) is 8.94 Å². The van der Waals surface area contributed by atoms with E-state index in [1.165, 1.54) is 0 Å². The summed E-state index contributed by atoms with van der Waals surface area (Å²) in [6.45, 7) is 7.74. The minimum Gasteiger partial charge on any atom is -0.466 e. The molecular weight excluding hydrogens is 384 g/mol. The molecule has 2 aliphatic rings. The van der Waals surface area contributed by atoms with Gasteiger partial charge in [0.1, 0.15) is 11.5 Å². The van der Waals surface area contributed by atoms with E-state index >= 15 is 0 Å². The van der Waals surface area contributed by atoms with Gasteiger partial charge in [-0.1, -0.05) is 5.16 Å². The molecule has 8 nitrogen and oxygen atoms in total. The molecule has 156 valence electrons. The van der Waals surface area contributed by atoms with Crippen LogP contribution in [0, 0.1) is 26.7 Å². The number of amides is 2. The van der Waals surface area contributed by atoms with E-state index in [0.717, 1.165) is 29.9 Å². The summed E-state index contributed by atoms with van der Waals surface area (Å²) < 4.78 is 11.0. The molecule has 5 rings (SSSR count). The third kappa shape index (κ3) is 3.16. The zero-order chi connectivity index (χ0) is 21.0. The molecule has 2 amide bonds. The van der Waals surface area contributed by atoms with Crippen molar-refractivity contribution in [2.45, 2.75) is 33.6 Å². The molecule has 30 heavy (non-hydrogen) atoms. The van der Waals surface area contributed by atoms with E-state index in [0.29, 0.717) is 54.2 Å². The number of hydrogen-bond acceptors (Lipinski definition) is 6. The highest BCUT2D eigenvalue weighted by Crippen LogP contribution is 2.33. The van der Waals surface area contributed by atoms with Crippen LogP contribution in [-0.2, 0) is 4.79 Å². The van der Waals surface area contributed by atoms with Crippen LogP contribution in [0.25, 0.3) is 22.4 Å². The number of nitrogens with zero attached hydrogens (tertiary/aromatic N) is 4. The molecule has 3 aromatic rings. The van der Waals surface area contributed by atoms with E-state index < -0.39 is 0 Å². The van der Waals surface area contributed by atoms with E-state index in [-0.39, 0.29) is 17.7 Å². The van der Waals surface area contributed by atoms with Crippen molar-refractivity contribution in [2.75, 3.05) is 26.2 Å². The van der Waals surface area contributed by atoms with E-state index in [2.05, 4.69) is 10.1 Å². The second-order valence-electron chi connectivity index (χ2n) is 8.22. The molecule has 0 unspecified atom stereocenters. The molecule has 8 heteroatoms. The first-order valence-corrected chi connectivity index (χ1v) is 10.3. The van der Waals surface area contributed by atoms with Crippen molar-refractivity contribution in [2.24, 2.45) is 5.92 Å². The van der Waals surface area contributed by atoms with Crippen LogP contribution in [-0.4, -0.2) is 57.9 Å². The minimum atomic E-state index is -0.0914. The first-order chi connectivity index (χ1) is 14.4. The fraction of sp³-hybridized carbons (Fsp3) is 0.455. The number of aryl methyl sites for hydroxylation is 3. The van der Waals surface area contributed by atoms with Crippen molar-refractivity contribution in [1.82, 2.24) is 19.9 Å². The number of aromatic nitrogens is 2. The van der Waals surface area contributed by atoms with Crippen molar-refractivity contribution >= 4 is 22.9 Å². The maximum absolute atomic E-state index is 13.5. The number of fused-ring (bicyclic) bond motifs is 1. The summed E-state index contributed by atoms with van der Waals surface area (Å²) in [4.78, 5) is 34.0. The Morgan fingerprint density at radius 2 is 1.73 bits per heavy atom. The Morgan fingerprint density at radius 1 is 1.03 bits per heavy atom. The molecule has 0 radical (unpaired) electrons. The topological polar surface area (TPSA) is 92.7 Å². The second-order valence-corrected chi connectivity index (χ2v) is 8.22. The summed E-state index contributed by atoms with van der Waals surface area (Å²) in [6.07, 6.45) is 1.99. The molecule has 1 aliphatic heterocycles. The molecule has 4 heterocycles. The van der Waals surface area contributed by atoms with Gasteiger partial charge in [0, 0.05) is 37.7 Å². The number of carbonyl (C=O) groups excluding carboxylic acids is 2. The smallest absolute Gasteiger partial charge is 0.259 e. The van der Waals surface area contributed by atoms with Crippen LogP contribution < -0.4 is 0 Å². The molecule has 0 spiro atoms. The average molecular weight is 408 g/mol.